The molecule has 1 aromatic heterocycles. The van der Waals surface area contributed by atoms with Crippen LogP contribution in [-0.4, -0.2) is 16.9 Å². The molecule has 2 aromatic carbocycles. The maximum Gasteiger partial charge on any atom is 0.253 e. The zero-order chi connectivity index (χ0) is 15.8. The van der Waals surface area contributed by atoms with Crippen molar-refractivity contribution in [3.8, 4) is 0 Å². The van der Waals surface area contributed by atoms with Crippen LogP contribution in [0.1, 0.15) is 28.3 Å². The Bertz CT molecular complexity index is 893. The van der Waals surface area contributed by atoms with Crippen LogP contribution < -0.4 is 5.32 Å². The molecule has 0 spiro atoms. The Morgan fingerprint density at radius 1 is 1.13 bits per heavy atom. The number of rotatable bonds is 3. The minimum absolute atomic E-state index is 0.134. The standard InChI is InChI=1S/C19H15ClN2O/c20-17-11-21-8-7-15(17)19(23)22-18-10-16(18)14-6-5-12-3-1-2-4-13(12)9-14/h1-9,11,16,18H,10H2,(H,22,23)/t16-,18+/m0/s1. The number of hydrogen-bond donors (Lipinski definition) is 1. The summed E-state index contributed by atoms with van der Waals surface area (Å²) in [6, 6.07) is 16.6. The smallest absolute Gasteiger partial charge is 0.253 e. The second-order valence-electron chi connectivity index (χ2n) is 5.88. The molecule has 0 saturated heterocycles. The second-order valence-corrected chi connectivity index (χ2v) is 6.29. The minimum Gasteiger partial charge on any atom is -0.349 e. The molecule has 3 aromatic rings. The van der Waals surface area contributed by atoms with Crippen LogP contribution in [0.3, 0.4) is 0 Å². The van der Waals surface area contributed by atoms with E-state index in [-0.39, 0.29) is 11.9 Å². The third-order valence-corrected chi connectivity index (χ3v) is 4.63. The molecule has 1 saturated carbocycles. The molecular weight excluding hydrogens is 308 g/mol. The van der Waals surface area contributed by atoms with Gasteiger partial charge in [0.15, 0.2) is 0 Å². The number of aromatic nitrogens is 1. The number of halogens is 1. The molecular formula is C19H15ClN2O. The predicted molar refractivity (Wildman–Crippen MR) is 91.8 cm³/mol. The van der Waals surface area contributed by atoms with E-state index < -0.39 is 0 Å². The fourth-order valence-corrected chi connectivity index (χ4v) is 3.17. The summed E-state index contributed by atoms with van der Waals surface area (Å²) in [6.07, 6.45) is 4.03. The van der Waals surface area contributed by atoms with E-state index in [2.05, 4.69) is 40.6 Å². The molecule has 0 aliphatic heterocycles. The maximum atomic E-state index is 12.3. The number of carbonyl (C=O) groups is 1. The van der Waals surface area contributed by atoms with Gasteiger partial charge in [-0.3, -0.25) is 9.78 Å². The van der Waals surface area contributed by atoms with Crippen LogP contribution >= 0.6 is 11.6 Å². The summed E-state index contributed by atoms with van der Waals surface area (Å²) in [5, 5.41) is 5.91. The van der Waals surface area contributed by atoms with Crippen molar-refractivity contribution < 1.29 is 4.79 Å². The van der Waals surface area contributed by atoms with E-state index in [0.717, 1.165) is 6.42 Å². The van der Waals surface area contributed by atoms with E-state index >= 15 is 0 Å². The van der Waals surface area contributed by atoms with Crippen molar-refractivity contribution in [3.63, 3.8) is 0 Å². The Morgan fingerprint density at radius 2 is 1.96 bits per heavy atom. The fraction of sp³-hybridized carbons (Fsp3) is 0.158. The zero-order valence-corrected chi connectivity index (χ0v) is 13.1. The van der Waals surface area contributed by atoms with Crippen molar-refractivity contribution in [2.24, 2.45) is 0 Å². The predicted octanol–water partition coefficient (Wildman–Crippen LogP) is 4.17. The number of benzene rings is 2. The molecule has 1 heterocycles. The van der Waals surface area contributed by atoms with Crippen molar-refractivity contribution in [1.29, 1.82) is 0 Å². The molecule has 1 amide bonds. The normalized spacial score (nSPS) is 19.5. The minimum atomic E-state index is -0.134. The SMILES string of the molecule is O=C(N[C@@H]1C[C@H]1c1ccc2ccccc2c1)c1ccncc1Cl. The first kappa shape index (κ1) is 14.2. The number of amides is 1. The van der Waals surface area contributed by atoms with Gasteiger partial charge in [0.2, 0.25) is 0 Å². The highest BCUT2D eigenvalue weighted by Gasteiger charge is 2.39. The van der Waals surface area contributed by atoms with Gasteiger partial charge in [-0.2, -0.15) is 0 Å². The Labute approximate surface area is 139 Å². The van der Waals surface area contributed by atoms with Crippen LogP contribution in [0.25, 0.3) is 10.8 Å². The summed E-state index contributed by atoms with van der Waals surface area (Å²) in [4.78, 5) is 16.2. The Morgan fingerprint density at radius 3 is 2.78 bits per heavy atom. The summed E-state index contributed by atoms with van der Waals surface area (Å²) in [5.41, 5.74) is 1.75. The van der Waals surface area contributed by atoms with Crippen LogP contribution in [0.5, 0.6) is 0 Å². The molecule has 1 aliphatic carbocycles. The Hall–Kier alpha value is -2.39. The van der Waals surface area contributed by atoms with Crippen molar-refractivity contribution in [2.45, 2.75) is 18.4 Å². The van der Waals surface area contributed by atoms with Crippen LogP contribution in [0.15, 0.2) is 60.9 Å². The van der Waals surface area contributed by atoms with E-state index in [4.69, 9.17) is 11.6 Å². The molecule has 1 fully saturated rings. The number of hydrogen-bond acceptors (Lipinski definition) is 2. The van der Waals surface area contributed by atoms with Gasteiger partial charge in [-0.25, -0.2) is 0 Å². The van der Waals surface area contributed by atoms with Crippen molar-refractivity contribution in [2.75, 3.05) is 0 Å². The van der Waals surface area contributed by atoms with E-state index in [1.54, 1.807) is 12.3 Å². The van der Waals surface area contributed by atoms with E-state index in [1.165, 1.54) is 22.5 Å². The molecule has 3 nitrogen and oxygen atoms in total. The molecule has 2 atom stereocenters. The van der Waals surface area contributed by atoms with Crippen molar-refractivity contribution >= 4 is 28.3 Å². The van der Waals surface area contributed by atoms with Gasteiger partial charge < -0.3 is 5.32 Å². The van der Waals surface area contributed by atoms with Crippen LogP contribution in [0.2, 0.25) is 5.02 Å². The fourth-order valence-electron chi connectivity index (χ4n) is 2.97. The van der Waals surface area contributed by atoms with Gasteiger partial charge in [0, 0.05) is 24.4 Å². The number of nitrogens with one attached hydrogen (secondary N) is 1. The number of nitrogens with zero attached hydrogens (tertiary/aromatic N) is 1. The number of fused-ring (bicyclic) bond motifs is 1. The molecule has 114 valence electrons. The lowest BCUT2D eigenvalue weighted by molar-refractivity contribution is 0.0950. The molecule has 0 radical (unpaired) electrons. The zero-order valence-electron chi connectivity index (χ0n) is 12.4. The van der Waals surface area contributed by atoms with E-state index in [0.29, 0.717) is 16.5 Å². The summed E-state index contributed by atoms with van der Waals surface area (Å²) in [7, 11) is 0. The van der Waals surface area contributed by atoms with Crippen LogP contribution in [-0.2, 0) is 0 Å². The third kappa shape index (κ3) is 2.80. The van der Waals surface area contributed by atoms with Crippen molar-refractivity contribution in [3.05, 3.63) is 77.1 Å². The summed E-state index contributed by atoms with van der Waals surface area (Å²) in [6.45, 7) is 0. The van der Waals surface area contributed by atoms with E-state index in [1.807, 2.05) is 12.1 Å². The van der Waals surface area contributed by atoms with Gasteiger partial charge in [-0.05, 0) is 28.8 Å². The highest BCUT2D eigenvalue weighted by molar-refractivity contribution is 6.33. The number of pyridine rings is 1. The highest BCUT2D eigenvalue weighted by atomic mass is 35.5. The first-order valence-electron chi connectivity index (χ1n) is 7.61. The largest absolute Gasteiger partial charge is 0.349 e. The third-order valence-electron chi connectivity index (χ3n) is 4.33. The molecule has 4 heteroatoms. The molecule has 1 N–H and O–H groups in total. The number of carbonyl (C=O) groups excluding carboxylic acids is 1. The molecule has 0 unspecified atom stereocenters. The van der Waals surface area contributed by atoms with Gasteiger partial charge in [-0.1, -0.05) is 54.1 Å². The lowest BCUT2D eigenvalue weighted by atomic mass is 10.0. The average molecular weight is 323 g/mol. The molecule has 0 bridgehead atoms. The average Bonchev–Trinajstić information content (AvgIpc) is 3.34. The van der Waals surface area contributed by atoms with Gasteiger partial charge in [-0.15, -0.1) is 0 Å². The Kier molecular flexibility index (Phi) is 3.50. The molecule has 23 heavy (non-hydrogen) atoms. The lowest BCUT2D eigenvalue weighted by Gasteiger charge is -2.07. The molecule has 4 rings (SSSR count). The maximum absolute atomic E-state index is 12.3. The first-order chi connectivity index (χ1) is 11.2. The second kappa shape index (κ2) is 5.67. The Balaban J connectivity index is 1.49. The highest BCUT2D eigenvalue weighted by Crippen LogP contribution is 2.41. The quantitative estimate of drug-likeness (QED) is 0.786. The summed E-state index contributed by atoms with van der Waals surface area (Å²) >= 11 is 6.02. The van der Waals surface area contributed by atoms with Crippen LogP contribution in [0.4, 0.5) is 0 Å². The van der Waals surface area contributed by atoms with Gasteiger partial charge in [0.25, 0.3) is 5.91 Å². The van der Waals surface area contributed by atoms with E-state index in [9.17, 15) is 4.79 Å². The van der Waals surface area contributed by atoms with Gasteiger partial charge in [0.05, 0.1) is 10.6 Å². The topological polar surface area (TPSA) is 42.0 Å². The lowest BCUT2D eigenvalue weighted by Crippen LogP contribution is -2.26. The van der Waals surface area contributed by atoms with Gasteiger partial charge >= 0.3 is 0 Å². The summed E-state index contributed by atoms with van der Waals surface area (Å²) in [5.74, 6) is 0.245. The monoisotopic (exact) mass is 322 g/mol. The van der Waals surface area contributed by atoms with Gasteiger partial charge in [0.1, 0.15) is 0 Å². The van der Waals surface area contributed by atoms with Crippen LogP contribution in [0, 0.1) is 0 Å². The summed E-state index contributed by atoms with van der Waals surface area (Å²) < 4.78 is 0. The van der Waals surface area contributed by atoms with Crippen molar-refractivity contribution in [1.82, 2.24) is 10.3 Å². The molecule has 1 aliphatic rings. The first-order valence-corrected chi connectivity index (χ1v) is 7.99.